The maximum Gasteiger partial charge on any atom is 0.392 e. The fourth-order valence-corrected chi connectivity index (χ4v) is 1.33. The van der Waals surface area contributed by atoms with Crippen molar-refractivity contribution < 1.29 is 5.11 Å². The van der Waals surface area contributed by atoms with Gasteiger partial charge in [-0.25, -0.2) is 0 Å². The van der Waals surface area contributed by atoms with Crippen molar-refractivity contribution in [2.75, 3.05) is 0 Å². The van der Waals surface area contributed by atoms with E-state index in [-0.39, 0.29) is 5.75 Å². The number of nitrogens with zero attached hydrogens (tertiary/aromatic N) is 2. The summed E-state index contributed by atoms with van der Waals surface area (Å²) in [6.45, 7) is 0. The number of hydrogen-bond acceptors (Lipinski definition) is 2. The predicted molar refractivity (Wildman–Crippen MR) is 47.3 cm³/mol. The molecule has 3 nitrogen and oxygen atoms in total. The normalized spacial score (nSPS) is 9.77. The average Bonchev–Trinajstić information content (AvgIpc) is 2.49. The summed E-state index contributed by atoms with van der Waals surface area (Å²) in [7, 11) is 0. The first-order valence-corrected chi connectivity index (χ1v) is 3.86. The van der Waals surface area contributed by atoms with Crippen molar-refractivity contribution in [3.63, 3.8) is 0 Å². The highest BCUT2D eigenvalue weighted by molar-refractivity contribution is 5.80. The Kier molecular flexibility index (Phi) is 1.60. The summed E-state index contributed by atoms with van der Waals surface area (Å²) >= 11 is 0. The van der Waals surface area contributed by atoms with Crippen LogP contribution in [0.5, 0.6) is 5.75 Å². The zero-order valence-electron chi connectivity index (χ0n) is 6.77. The first-order valence-electron chi connectivity index (χ1n) is 3.86. The Morgan fingerprint density at radius 2 is 2.00 bits per heavy atom. The zero-order valence-corrected chi connectivity index (χ0v) is 6.77. The fraction of sp³-hybridized carbons (Fsp3) is 0. The first-order chi connectivity index (χ1) is 6.31. The highest BCUT2D eigenvalue weighted by Gasteiger charge is 2.14. The molecule has 0 fully saturated rings. The van der Waals surface area contributed by atoms with E-state index in [9.17, 15) is 5.11 Å². The molecule has 0 radical (unpaired) electrons. The van der Waals surface area contributed by atoms with Crippen LogP contribution in [0.3, 0.4) is 0 Å². The molecule has 0 aromatic heterocycles. The van der Waals surface area contributed by atoms with Crippen LogP contribution in [0.25, 0.3) is 16.1 Å². The van der Waals surface area contributed by atoms with Crippen LogP contribution in [0.15, 0.2) is 36.4 Å². The standard InChI is InChI=1S/C10H6N2O/c11-12-10-5-4-8(13)6-7-2-1-3-9(7)10/h1-6H. The van der Waals surface area contributed by atoms with Gasteiger partial charge in [0.15, 0.2) is 4.98 Å². The molecule has 2 rings (SSSR count). The van der Waals surface area contributed by atoms with Crippen LogP contribution in [0.1, 0.15) is 0 Å². The van der Waals surface area contributed by atoms with Crippen LogP contribution in [0.2, 0.25) is 0 Å². The van der Waals surface area contributed by atoms with E-state index in [2.05, 4.69) is 4.98 Å². The number of fused-ring (bicyclic) bond motifs is 1. The van der Waals surface area contributed by atoms with Gasteiger partial charge in [0, 0.05) is 6.07 Å². The molecule has 0 saturated heterocycles. The molecule has 0 N–H and O–H groups in total. The van der Waals surface area contributed by atoms with Crippen molar-refractivity contribution in [3.8, 4) is 16.9 Å². The number of diazo groups is 1. The lowest BCUT2D eigenvalue weighted by Crippen LogP contribution is -1.84. The molecule has 0 amide bonds. The van der Waals surface area contributed by atoms with Crippen LogP contribution < -0.4 is 5.11 Å². The third-order valence-corrected chi connectivity index (χ3v) is 1.94. The van der Waals surface area contributed by atoms with Crippen LogP contribution >= 0.6 is 0 Å². The predicted octanol–water partition coefficient (Wildman–Crippen LogP) is 2.35. The Morgan fingerprint density at radius 3 is 2.77 bits per heavy atom. The molecule has 0 saturated carbocycles. The van der Waals surface area contributed by atoms with Gasteiger partial charge in [-0.3, -0.25) is 0 Å². The van der Waals surface area contributed by atoms with Gasteiger partial charge in [-0.1, -0.05) is 24.3 Å². The molecule has 0 unspecified atom stereocenters. The number of rotatable bonds is 0. The molecule has 3 heteroatoms. The minimum Gasteiger partial charge on any atom is -0.872 e. The Hall–Kier alpha value is -2.08. The van der Waals surface area contributed by atoms with E-state index < -0.39 is 0 Å². The van der Waals surface area contributed by atoms with E-state index in [1.54, 1.807) is 0 Å². The third kappa shape index (κ3) is 1.18. The third-order valence-electron chi connectivity index (χ3n) is 1.94. The lowest BCUT2D eigenvalue weighted by molar-refractivity contribution is -0.268. The average molecular weight is 170 g/mol. The smallest absolute Gasteiger partial charge is 0.392 e. The van der Waals surface area contributed by atoms with Gasteiger partial charge < -0.3 is 5.11 Å². The molecule has 0 atom stereocenters. The van der Waals surface area contributed by atoms with Crippen molar-refractivity contribution in [1.29, 1.82) is 5.39 Å². The van der Waals surface area contributed by atoms with Crippen LogP contribution in [0.4, 0.5) is 5.69 Å². The summed E-state index contributed by atoms with van der Waals surface area (Å²) in [5, 5.41) is 19.8. The Labute approximate surface area is 75.2 Å². The molecule has 0 spiro atoms. The topological polar surface area (TPSA) is 51.2 Å². The molecule has 0 heterocycles. The van der Waals surface area contributed by atoms with E-state index in [0.29, 0.717) is 5.69 Å². The molecular weight excluding hydrogens is 164 g/mol. The maximum atomic E-state index is 11.1. The lowest BCUT2D eigenvalue weighted by atomic mass is 10.2. The van der Waals surface area contributed by atoms with Crippen molar-refractivity contribution in [3.05, 3.63) is 41.4 Å². The van der Waals surface area contributed by atoms with Gasteiger partial charge in [0.2, 0.25) is 5.39 Å². The van der Waals surface area contributed by atoms with E-state index in [1.807, 2.05) is 18.2 Å². The van der Waals surface area contributed by atoms with Gasteiger partial charge >= 0.3 is 5.69 Å². The summed E-state index contributed by atoms with van der Waals surface area (Å²) < 4.78 is 0. The van der Waals surface area contributed by atoms with Gasteiger partial charge in [0.1, 0.15) is 0 Å². The SMILES string of the molecule is N#[N+]c1ccc([O-])cc2cccc1-2. The maximum absolute atomic E-state index is 11.1. The molecule has 62 valence electrons. The fourth-order valence-electron chi connectivity index (χ4n) is 1.33. The van der Waals surface area contributed by atoms with Crippen molar-refractivity contribution >= 4 is 5.69 Å². The zero-order chi connectivity index (χ0) is 9.26. The van der Waals surface area contributed by atoms with Crippen LogP contribution in [-0.2, 0) is 0 Å². The Morgan fingerprint density at radius 1 is 1.15 bits per heavy atom. The summed E-state index contributed by atoms with van der Waals surface area (Å²) in [5.41, 5.74) is 1.99. The monoisotopic (exact) mass is 170 g/mol. The summed E-state index contributed by atoms with van der Waals surface area (Å²) in [6, 6.07) is 9.85. The van der Waals surface area contributed by atoms with Crippen LogP contribution in [0, 0.1) is 5.39 Å². The molecule has 0 aromatic rings. The van der Waals surface area contributed by atoms with Gasteiger partial charge in [-0.15, -0.1) is 5.75 Å². The summed E-state index contributed by atoms with van der Waals surface area (Å²) in [6.07, 6.45) is 0. The van der Waals surface area contributed by atoms with E-state index in [4.69, 9.17) is 5.39 Å². The van der Waals surface area contributed by atoms with E-state index in [1.165, 1.54) is 18.2 Å². The second-order valence-corrected chi connectivity index (χ2v) is 2.76. The lowest BCUT2D eigenvalue weighted by Gasteiger charge is -1.97. The Balaban J connectivity index is 2.80. The van der Waals surface area contributed by atoms with Gasteiger partial charge in [0.25, 0.3) is 0 Å². The molecular formula is C10H6N2O. The summed E-state index contributed by atoms with van der Waals surface area (Å²) in [5.74, 6) is -0.0916. The van der Waals surface area contributed by atoms with E-state index in [0.717, 1.165) is 11.1 Å². The van der Waals surface area contributed by atoms with E-state index >= 15 is 0 Å². The molecule has 2 aliphatic rings. The highest BCUT2D eigenvalue weighted by Crippen LogP contribution is 2.33. The highest BCUT2D eigenvalue weighted by atomic mass is 16.3. The first kappa shape index (κ1) is 7.56. The minimum absolute atomic E-state index is 0.0916. The molecule has 2 aliphatic carbocycles. The second-order valence-electron chi connectivity index (χ2n) is 2.76. The molecule has 0 aliphatic heterocycles. The molecule has 13 heavy (non-hydrogen) atoms. The number of hydrogen-bond donors (Lipinski definition) is 0. The second kappa shape index (κ2) is 2.76. The van der Waals surface area contributed by atoms with Gasteiger partial charge in [-0.05, 0) is 11.6 Å². The van der Waals surface area contributed by atoms with Gasteiger partial charge in [-0.2, -0.15) is 0 Å². The van der Waals surface area contributed by atoms with Gasteiger partial charge in [0.05, 0.1) is 5.56 Å². The largest absolute Gasteiger partial charge is 0.872 e. The van der Waals surface area contributed by atoms with Crippen molar-refractivity contribution in [1.82, 2.24) is 0 Å². The van der Waals surface area contributed by atoms with Crippen molar-refractivity contribution in [2.45, 2.75) is 0 Å². The van der Waals surface area contributed by atoms with Crippen LogP contribution in [-0.4, -0.2) is 0 Å². The van der Waals surface area contributed by atoms with Crippen molar-refractivity contribution in [2.24, 2.45) is 0 Å². The minimum atomic E-state index is -0.0916. The molecule has 0 aromatic carbocycles. The summed E-state index contributed by atoms with van der Waals surface area (Å²) in [4.78, 5) is 3.11. The molecule has 0 bridgehead atoms. The quantitative estimate of drug-likeness (QED) is 0.570. The Bertz CT molecular complexity index is 459.